The first kappa shape index (κ1) is 18.2. The van der Waals surface area contributed by atoms with Crippen LogP contribution in [0.2, 0.25) is 0 Å². The van der Waals surface area contributed by atoms with Crippen LogP contribution in [0.4, 0.5) is 5.69 Å². The normalized spacial score (nSPS) is 10.8. The van der Waals surface area contributed by atoms with Crippen molar-refractivity contribution in [3.8, 4) is 16.3 Å². The van der Waals surface area contributed by atoms with Crippen molar-refractivity contribution in [2.45, 2.75) is 13.8 Å². The van der Waals surface area contributed by atoms with E-state index in [9.17, 15) is 4.79 Å². The Morgan fingerprint density at radius 2 is 1.68 bits per heavy atom. The average molecular weight is 388 g/mol. The number of carbonyl (C=O) groups excluding carboxylic acids is 1. The largest absolute Gasteiger partial charge is 0.483 e. The van der Waals surface area contributed by atoms with Gasteiger partial charge in [0.15, 0.2) is 6.61 Å². The van der Waals surface area contributed by atoms with Gasteiger partial charge in [0.1, 0.15) is 10.8 Å². The van der Waals surface area contributed by atoms with E-state index in [0.29, 0.717) is 0 Å². The van der Waals surface area contributed by atoms with E-state index < -0.39 is 0 Å². The van der Waals surface area contributed by atoms with Crippen molar-refractivity contribution in [2.75, 3.05) is 11.9 Å². The average Bonchev–Trinajstić information content (AvgIpc) is 3.12. The number of amides is 1. The van der Waals surface area contributed by atoms with Crippen LogP contribution >= 0.6 is 11.3 Å². The summed E-state index contributed by atoms with van der Waals surface area (Å²) in [7, 11) is 0. The van der Waals surface area contributed by atoms with Crippen LogP contribution in [0.15, 0.2) is 66.7 Å². The van der Waals surface area contributed by atoms with Gasteiger partial charge in [-0.05, 0) is 61.4 Å². The highest BCUT2D eigenvalue weighted by atomic mass is 32.1. The van der Waals surface area contributed by atoms with Crippen molar-refractivity contribution in [2.24, 2.45) is 0 Å². The monoisotopic (exact) mass is 388 g/mol. The number of hydrogen-bond acceptors (Lipinski definition) is 4. The fraction of sp³-hybridized carbons (Fsp3) is 0.130. The van der Waals surface area contributed by atoms with E-state index >= 15 is 0 Å². The summed E-state index contributed by atoms with van der Waals surface area (Å²) < 4.78 is 6.87. The molecule has 0 spiro atoms. The molecule has 4 nitrogen and oxygen atoms in total. The summed E-state index contributed by atoms with van der Waals surface area (Å²) in [5, 5.41) is 3.85. The first-order valence-corrected chi connectivity index (χ1v) is 9.87. The van der Waals surface area contributed by atoms with E-state index in [1.807, 2.05) is 74.5 Å². The molecule has 1 heterocycles. The molecule has 0 aliphatic carbocycles. The number of aromatic nitrogens is 1. The van der Waals surface area contributed by atoms with E-state index in [1.165, 1.54) is 4.70 Å². The number of anilines is 1. The van der Waals surface area contributed by atoms with Gasteiger partial charge in [-0.25, -0.2) is 4.98 Å². The van der Waals surface area contributed by atoms with Crippen molar-refractivity contribution in [1.29, 1.82) is 0 Å². The number of fused-ring (bicyclic) bond motifs is 1. The highest BCUT2D eigenvalue weighted by Crippen LogP contribution is 2.30. The number of carbonyl (C=O) groups is 1. The minimum atomic E-state index is -0.185. The Morgan fingerprint density at radius 1 is 0.964 bits per heavy atom. The second kappa shape index (κ2) is 7.82. The summed E-state index contributed by atoms with van der Waals surface area (Å²) in [4.78, 5) is 16.9. The summed E-state index contributed by atoms with van der Waals surface area (Å²) in [6.07, 6.45) is 0. The number of para-hydroxylation sites is 2. The minimum absolute atomic E-state index is 0.0225. The Bertz CT molecular complexity index is 1080. The fourth-order valence-electron chi connectivity index (χ4n) is 3.05. The Morgan fingerprint density at radius 3 is 2.39 bits per heavy atom. The van der Waals surface area contributed by atoms with Crippen LogP contribution in [-0.4, -0.2) is 17.5 Å². The highest BCUT2D eigenvalue weighted by molar-refractivity contribution is 7.21. The quantitative estimate of drug-likeness (QED) is 0.484. The molecule has 140 valence electrons. The Hall–Kier alpha value is -3.18. The van der Waals surface area contributed by atoms with Gasteiger partial charge in [-0.2, -0.15) is 0 Å². The van der Waals surface area contributed by atoms with Gasteiger partial charge in [-0.1, -0.05) is 30.3 Å². The number of nitrogens with zero attached hydrogens (tertiary/aromatic N) is 1. The maximum Gasteiger partial charge on any atom is 0.262 e. The Kier molecular flexibility index (Phi) is 5.08. The van der Waals surface area contributed by atoms with Gasteiger partial charge in [-0.15, -0.1) is 11.3 Å². The molecule has 0 bridgehead atoms. The Balaban J connectivity index is 1.40. The number of benzene rings is 3. The van der Waals surface area contributed by atoms with Crippen molar-refractivity contribution < 1.29 is 9.53 Å². The van der Waals surface area contributed by atoms with Gasteiger partial charge < -0.3 is 10.1 Å². The minimum Gasteiger partial charge on any atom is -0.483 e. The number of ether oxygens (including phenoxy) is 1. The van der Waals surface area contributed by atoms with Crippen molar-refractivity contribution in [3.63, 3.8) is 0 Å². The van der Waals surface area contributed by atoms with E-state index in [2.05, 4.69) is 16.4 Å². The number of thiazole rings is 1. The van der Waals surface area contributed by atoms with Crippen LogP contribution in [0.5, 0.6) is 5.75 Å². The zero-order valence-corrected chi connectivity index (χ0v) is 16.5. The van der Waals surface area contributed by atoms with Crippen LogP contribution in [0.25, 0.3) is 20.8 Å². The van der Waals surface area contributed by atoms with Gasteiger partial charge >= 0.3 is 0 Å². The summed E-state index contributed by atoms with van der Waals surface area (Å²) >= 11 is 1.66. The molecule has 0 aliphatic heterocycles. The molecule has 0 fully saturated rings. The molecule has 0 saturated carbocycles. The van der Waals surface area contributed by atoms with Crippen molar-refractivity contribution >= 4 is 33.1 Å². The molecule has 0 radical (unpaired) electrons. The lowest BCUT2D eigenvalue weighted by Crippen LogP contribution is -2.20. The third-order valence-corrected chi connectivity index (χ3v) is 5.55. The predicted molar refractivity (Wildman–Crippen MR) is 115 cm³/mol. The topological polar surface area (TPSA) is 51.2 Å². The van der Waals surface area contributed by atoms with Crippen LogP contribution in [0.1, 0.15) is 11.1 Å². The molecule has 1 N–H and O–H groups in total. The van der Waals surface area contributed by atoms with Crippen LogP contribution in [0, 0.1) is 13.8 Å². The van der Waals surface area contributed by atoms with Gasteiger partial charge in [0, 0.05) is 11.3 Å². The number of rotatable bonds is 5. The summed E-state index contributed by atoms with van der Waals surface area (Å²) in [6, 6.07) is 21.7. The molecule has 1 amide bonds. The molecular formula is C23H20N2O2S. The molecule has 28 heavy (non-hydrogen) atoms. The third-order valence-electron chi connectivity index (χ3n) is 4.47. The predicted octanol–water partition coefficient (Wildman–Crippen LogP) is 5.60. The number of nitrogens with one attached hydrogen (secondary N) is 1. The third kappa shape index (κ3) is 3.89. The molecule has 4 rings (SSSR count). The standard InChI is InChI=1S/C23H20N2O2S/c1-15-6-5-7-16(2)22(15)27-14-21(26)24-18-12-10-17(11-13-18)23-25-19-8-3-4-9-20(19)28-23/h3-13H,14H2,1-2H3,(H,24,26). The lowest BCUT2D eigenvalue weighted by Gasteiger charge is -2.12. The maximum absolute atomic E-state index is 12.2. The van der Waals surface area contributed by atoms with Gasteiger partial charge in [0.2, 0.25) is 0 Å². The first-order valence-electron chi connectivity index (χ1n) is 9.05. The molecule has 0 unspecified atom stereocenters. The maximum atomic E-state index is 12.2. The second-order valence-electron chi connectivity index (χ2n) is 6.62. The van der Waals surface area contributed by atoms with E-state index in [-0.39, 0.29) is 12.5 Å². The first-order chi connectivity index (χ1) is 13.6. The highest BCUT2D eigenvalue weighted by Gasteiger charge is 2.09. The Labute approximate surface area is 167 Å². The van der Waals surface area contributed by atoms with Crippen molar-refractivity contribution in [3.05, 3.63) is 77.9 Å². The SMILES string of the molecule is Cc1cccc(C)c1OCC(=O)Nc1ccc(-c2nc3ccccc3s2)cc1. The zero-order valence-electron chi connectivity index (χ0n) is 15.7. The molecule has 1 aromatic heterocycles. The molecule has 0 atom stereocenters. The zero-order chi connectivity index (χ0) is 19.5. The van der Waals surface area contributed by atoms with Crippen LogP contribution < -0.4 is 10.1 Å². The van der Waals surface area contributed by atoms with E-state index in [4.69, 9.17) is 4.74 Å². The fourth-order valence-corrected chi connectivity index (χ4v) is 4.02. The van der Waals surface area contributed by atoms with Crippen molar-refractivity contribution in [1.82, 2.24) is 4.98 Å². The lowest BCUT2D eigenvalue weighted by molar-refractivity contribution is -0.118. The molecule has 4 aromatic rings. The molecule has 0 saturated heterocycles. The van der Waals surface area contributed by atoms with Crippen LogP contribution in [-0.2, 0) is 4.79 Å². The molecule has 5 heteroatoms. The van der Waals surface area contributed by atoms with E-state index in [1.54, 1.807) is 11.3 Å². The lowest BCUT2D eigenvalue weighted by atomic mass is 10.1. The summed E-state index contributed by atoms with van der Waals surface area (Å²) in [5.74, 6) is 0.583. The summed E-state index contributed by atoms with van der Waals surface area (Å²) in [6.45, 7) is 3.92. The molecular weight excluding hydrogens is 368 g/mol. The van der Waals surface area contributed by atoms with Crippen LogP contribution in [0.3, 0.4) is 0 Å². The number of aryl methyl sites for hydroxylation is 2. The summed E-state index contributed by atoms with van der Waals surface area (Å²) in [5.41, 5.74) is 4.82. The van der Waals surface area contributed by atoms with E-state index in [0.717, 1.165) is 38.7 Å². The second-order valence-corrected chi connectivity index (χ2v) is 7.65. The number of hydrogen-bond donors (Lipinski definition) is 1. The molecule has 0 aliphatic rings. The smallest absolute Gasteiger partial charge is 0.262 e. The van der Waals surface area contributed by atoms with Gasteiger partial charge in [-0.3, -0.25) is 4.79 Å². The van der Waals surface area contributed by atoms with Gasteiger partial charge in [0.25, 0.3) is 5.91 Å². The van der Waals surface area contributed by atoms with Gasteiger partial charge in [0.05, 0.1) is 10.2 Å². The molecule has 3 aromatic carbocycles.